The van der Waals surface area contributed by atoms with Gasteiger partial charge in [-0.15, -0.1) is 0 Å². The number of benzene rings is 2. The van der Waals surface area contributed by atoms with Gasteiger partial charge in [-0.3, -0.25) is 9.59 Å². The van der Waals surface area contributed by atoms with Crippen molar-refractivity contribution in [3.63, 3.8) is 0 Å². The molecule has 0 spiro atoms. The summed E-state index contributed by atoms with van der Waals surface area (Å²) in [5.41, 5.74) is 3.40. The maximum absolute atomic E-state index is 12.3. The van der Waals surface area contributed by atoms with Crippen molar-refractivity contribution in [1.29, 1.82) is 0 Å². The third-order valence-corrected chi connectivity index (χ3v) is 5.06. The van der Waals surface area contributed by atoms with Crippen LogP contribution in [-0.2, 0) is 4.79 Å². The van der Waals surface area contributed by atoms with Crippen molar-refractivity contribution in [2.45, 2.75) is 52.0 Å². The van der Waals surface area contributed by atoms with Gasteiger partial charge in [0.15, 0.2) is 6.61 Å². The molecule has 0 radical (unpaired) electrons. The molecule has 1 fully saturated rings. The maximum Gasteiger partial charge on any atom is 0.262 e. The third kappa shape index (κ3) is 5.59. The summed E-state index contributed by atoms with van der Waals surface area (Å²) in [6.45, 7) is 3.91. The summed E-state index contributed by atoms with van der Waals surface area (Å²) in [5, 5.41) is 5.89. The number of carbonyl (C=O) groups excluding carboxylic acids is 2. The van der Waals surface area contributed by atoms with Crippen LogP contribution in [0.1, 0.15) is 53.6 Å². The monoisotopic (exact) mass is 380 g/mol. The molecule has 28 heavy (non-hydrogen) atoms. The van der Waals surface area contributed by atoms with Crippen LogP contribution < -0.4 is 15.4 Å². The minimum absolute atomic E-state index is 0.0528. The molecule has 0 saturated heterocycles. The molecule has 2 aromatic rings. The van der Waals surface area contributed by atoms with Gasteiger partial charge in [0.25, 0.3) is 11.8 Å². The number of carbonyl (C=O) groups is 2. The van der Waals surface area contributed by atoms with Gasteiger partial charge in [-0.05, 0) is 62.6 Å². The van der Waals surface area contributed by atoms with Crippen LogP contribution in [0.25, 0.3) is 0 Å². The van der Waals surface area contributed by atoms with Gasteiger partial charge in [-0.25, -0.2) is 0 Å². The van der Waals surface area contributed by atoms with Gasteiger partial charge in [-0.2, -0.15) is 0 Å². The van der Waals surface area contributed by atoms with Crippen molar-refractivity contribution in [3.8, 4) is 5.75 Å². The van der Waals surface area contributed by atoms with E-state index in [1.165, 1.54) is 19.3 Å². The number of amides is 2. The summed E-state index contributed by atoms with van der Waals surface area (Å²) in [6.07, 6.45) is 5.73. The minimum Gasteiger partial charge on any atom is -0.483 e. The molecule has 0 heterocycles. The molecule has 0 atom stereocenters. The summed E-state index contributed by atoms with van der Waals surface area (Å²) < 4.78 is 5.60. The summed E-state index contributed by atoms with van der Waals surface area (Å²) in [5.74, 6) is 0.415. The Kier molecular flexibility index (Phi) is 6.69. The molecule has 2 aromatic carbocycles. The van der Waals surface area contributed by atoms with Gasteiger partial charge in [0.2, 0.25) is 0 Å². The molecule has 0 aromatic heterocycles. The van der Waals surface area contributed by atoms with Crippen molar-refractivity contribution in [1.82, 2.24) is 5.32 Å². The first-order valence-electron chi connectivity index (χ1n) is 9.92. The Morgan fingerprint density at radius 2 is 1.71 bits per heavy atom. The number of aryl methyl sites for hydroxylation is 2. The molecule has 3 rings (SSSR count). The van der Waals surface area contributed by atoms with Crippen LogP contribution >= 0.6 is 0 Å². The highest BCUT2D eigenvalue weighted by molar-refractivity contribution is 5.96. The zero-order valence-electron chi connectivity index (χ0n) is 16.6. The Bertz CT molecular complexity index is 824. The highest BCUT2D eigenvalue weighted by Gasteiger charge is 2.16. The van der Waals surface area contributed by atoms with Crippen LogP contribution in [-0.4, -0.2) is 24.5 Å². The first-order chi connectivity index (χ1) is 13.5. The molecule has 1 aliphatic carbocycles. The predicted molar refractivity (Wildman–Crippen MR) is 111 cm³/mol. The Balaban J connectivity index is 1.49. The maximum atomic E-state index is 12.3. The van der Waals surface area contributed by atoms with Crippen LogP contribution in [0.3, 0.4) is 0 Å². The third-order valence-electron chi connectivity index (χ3n) is 5.06. The molecule has 2 amide bonds. The Hall–Kier alpha value is -2.82. The topological polar surface area (TPSA) is 67.4 Å². The lowest BCUT2D eigenvalue weighted by Crippen LogP contribution is -2.36. The van der Waals surface area contributed by atoms with E-state index in [1.807, 2.05) is 32.0 Å². The second-order valence-corrected chi connectivity index (χ2v) is 7.49. The summed E-state index contributed by atoms with van der Waals surface area (Å²) in [6, 6.07) is 13.1. The van der Waals surface area contributed by atoms with E-state index >= 15 is 0 Å². The first kappa shape index (κ1) is 19.9. The van der Waals surface area contributed by atoms with Crippen LogP contribution in [0, 0.1) is 13.8 Å². The molecule has 148 valence electrons. The van der Waals surface area contributed by atoms with Crippen LogP contribution in [0.5, 0.6) is 5.75 Å². The van der Waals surface area contributed by atoms with E-state index in [-0.39, 0.29) is 24.5 Å². The highest BCUT2D eigenvalue weighted by atomic mass is 16.5. The van der Waals surface area contributed by atoms with Crippen molar-refractivity contribution in [3.05, 3.63) is 59.2 Å². The van der Waals surface area contributed by atoms with E-state index in [0.29, 0.717) is 17.0 Å². The van der Waals surface area contributed by atoms with Crippen LogP contribution in [0.15, 0.2) is 42.5 Å². The SMILES string of the molecule is Cc1ccc(OCC(=O)Nc2ccc(C(=O)NC3CCCCC3)cc2)c(C)c1. The summed E-state index contributed by atoms with van der Waals surface area (Å²) >= 11 is 0. The van der Waals surface area contributed by atoms with Crippen molar-refractivity contribution >= 4 is 17.5 Å². The lowest BCUT2D eigenvalue weighted by atomic mass is 9.95. The number of hydrogen-bond acceptors (Lipinski definition) is 3. The smallest absolute Gasteiger partial charge is 0.262 e. The van der Waals surface area contributed by atoms with Gasteiger partial charge < -0.3 is 15.4 Å². The van der Waals surface area contributed by atoms with E-state index in [1.54, 1.807) is 24.3 Å². The van der Waals surface area contributed by atoms with Crippen LogP contribution in [0.4, 0.5) is 5.69 Å². The number of anilines is 1. The number of nitrogens with one attached hydrogen (secondary N) is 2. The van der Waals surface area contributed by atoms with E-state index in [9.17, 15) is 9.59 Å². The number of hydrogen-bond donors (Lipinski definition) is 2. The predicted octanol–water partition coefficient (Wildman–Crippen LogP) is 4.38. The Labute approximate surface area is 166 Å². The van der Waals surface area contributed by atoms with Crippen molar-refractivity contribution < 1.29 is 14.3 Å². The van der Waals surface area contributed by atoms with Crippen molar-refractivity contribution in [2.75, 3.05) is 11.9 Å². The molecule has 1 saturated carbocycles. The van der Waals surface area contributed by atoms with Gasteiger partial charge in [0.05, 0.1) is 0 Å². The zero-order chi connectivity index (χ0) is 19.9. The molecular weight excluding hydrogens is 352 g/mol. The summed E-state index contributed by atoms with van der Waals surface area (Å²) in [4.78, 5) is 24.5. The molecule has 5 nitrogen and oxygen atoms in total. The van der Waals surface area contributed by atoms with Gasteiger partial charge in [0.1, 0.15) is 5.75 Å². The minimum atomic E-state index is -0.237. The fourth-order valence-electron chi connectivity index (χ4n) is 3.52. The molecular formula is C23H28N2O3. The van der Waals surface area contributed by atoms with Crippen LogP contribution in [0.2, 0.25) is 0 Å². The lowest BCUT2D eigenvalue weighted by Gasteiger charge is -2.22. The standard InChI is InChI=1S/C23H28N2O3/c1-16-8-13-21(17(2)14-16)28-15-22(26)24-20-11-9-18(10-12-20)23(27)25-19-6-4-3-5-7-19/h8-14,19H,3-7,15H2,1-2H3,(H,24,26)(H,25,27). The normalized spacial score (nSPS) is 14.4. The average Bonchev–Trinajstić information content (AvgIpc) is 2.68. The number of rotatable bonds is 6. The number of ether oxygens (including phenoxy) is 1. The highest BCUT2D eigenvalue weighted by Crippen LogP contribution is 2.19. The average molecular weight is 380 g/mol. The Morgan fingerprint density at radius 3 is 2.39 bits per heavy atom. The van der Waals surface area contributed by atoms with E-state index in [2.05, 4.69) is 10.6 Å². The molecule has 0 bridgehead atoms. The van der Waals surface area contributed by atoms with Crippen molar-refractivity contribution in [2.24, 2.45) is 0 Å². The molecule has 2 N–H and O–H groups in total. The lowest BCUT2D eigenvalue weighted by molar-refractivity contribution is -0.118. The second-order valence-electron chi connectivity index (χ2n) is 7.49. The zero-order valence-corrected chi connectivity index (χ0v) is 16.6. The second kappa shape index (κ2) is 9.40. The first-order valence-corrected chi connectivity index (χ1v) is 9.92. The van der Waals surface area contributed by atoms with Gasteiger partial charge in [0, 0.05) is 17.3 Å². The van der Waals surface area contributed by atoms with E-state index in [0.717, 1.165) is 24.0 Å². The molecule has 5 heteroatoms. The molecule has 1 aliphatic rings. The fraction of sp³-hybridized carbons (Fsp3) is 0.391. The fourth-order valence-corrected chi connectivity index (χ4v) is 3.52. The largest absolute Gasteiger partial charge is 0.483 e. The molecule has 0 aliphatic heterocycles. The van der Waals surface area contributed by atoms with E-state index < -0.39 is 0 Å². The Morgan fingerprint density at radius 1 is 1.00 bits per heavy atom. The van der Waals surface area contributed by atoms with Gasteiger partial charge >= 0.3 is 0 Å². The molecule has 0 unspecified atom stereocenters. The quantitative estimate of drug-likeness (QED) is 0.781. The van der Waals surface area contributed by atoms with Gasteiger partial charge in [-0.1, -0.05) is 37.0 Å². The van der Waals surface area contributed by atoms with E-state index in [4.69, 9.17) is 4.74 Å². The summed E-state index contributed by atoms with van der Waals surface area (Å²) in [7, 11) is 0.